The Kier molecular flexibility index (Phi) is 3.81. The Morgan fingerprint density at radius 2 is 1.96 bits per heavy atom. The Balaban J connectivity index is 2.08. The molecule has 0 aliphatic rings. The molecule has 3 heterocycles. The van der Waals surface area contributed by atoms with Crippen molar-refractivity contribution in [3.8, 4) is 5.82 Å². The van der Waals surface area contributed by atoms with Crippen molar-refractivity contribution in [3.05, 3.63) is 41.7 Å². The van der Waals surface area contributed by atoms with E-state index in [2.05, 4.69) is 19.9 Å². The number of rotatable bonds is 4. The van der Waals surface area contributed by atoms with Crippen molar-refractivity contribution in [3.63, 3.8) is 0 Å². The van der Waals surface area contributed by atoms with E-state index in [1.807, 2.05) is 0 Å². The van der Waals surface area contributed by atoms with E-state index in [0.29, 0.717) is 22.2 Å². The van der Waals surface area contributed by atoms with Gasteiger partial charge in [-0.05, 0) is 23.7 Å². The van der Waals surface area contributed by atoms with Gasteiger partial charge in [0.1, 0.15) is 0 Å². The minimum atomic E-state index is -2.81. The summed E-state index contributed by atoms with van der Waals surface area (Å²) in [5.74, 6) is -0.329. The summed E-state index contributed by atoms with van der Waals surface area (Å²) in [4.78, 5) is 16.4. The van der Waals surface area contributed by atoms with E-state index in [1.165, 1.54) is 10.9 Å². The van der Waals surface area contributed by atoms with Gasteiger partial charge in [0, 0.05) is 6.54 Å². The molecule has 3 aromatic heterocycles. The Hall–Kier alpha value is -2.65. The predicted molar refractivity (Wildman–Crippen MR) is 87.0 cm³/mol. The molecule has 0 radical (unpaired) electrons. The van der Waals surface area contributed by atoms with Crippen LogP contribution in [0.15, 0.2) is 30.6 Å². The van der Waals surface area contributed by atoms with Gasteiger partial charge in [0.05, 0.1) is 24.0 Å². The molecule has 10 heteroatoms. The number of para-hydroxylation sites is 2. The maximum Gasteiger partial charge on any atom is 0.296 e. The van der Waals surface area contributed by atoms with E-state index in [1.54, 1.807) is 28.8 Å². The molecule has 7 nitrogen and oxygen atoms in total. The quantitative estimate of drug-likeness (QED) is 0.563. The molecule has 0 bridgehead atoms. The van der Waals surface area contributed by atoms with E-state index in [0.717, 1.165) is 0 Å². The summed E-state index contributed by atoms with van der Waals surface area (Å²) < 4.78 is 29.9. The highest BCUT2D eigenvalue weighted by atomic mass is 35.5. The maximum absolute atomic E-state index is 13.6. The first-order valence-corrected chi connectivity index (χ1v) is 7.73. The predicted octanol–water partition coefficient (Wildman–Crippen LogP) is 2.75. The number of benzene rings is 1. The SMILES string of the molecule is OCCn1cnc2c(-n3c(C(F)F)nc4ccccc43)nc(Cl)nc21. The molecule has 4 rings (SSSR count). The second-order valence-electron chi connectivity index (χ2n) is 5.24. The molecule has 0 atom stereocenters. The summed E-state index contributed by atoms with van der Waals surface area (Å²) in [7, 11) is 0. The van der Waals surface area contributed by atoms with Crippen LogP contribution in [0.3, 0.4) is 0 Å². The first-order valence-electron chi connectivity index (χ1n) is 7.35. The van der Waals surface area contributed by atoms with Crippen molar-refractivity contribution in [1.82, 2.24) is 29.1 Å². The van der Waals surface area contributed by atoms with Crippen LogP contribution in [-0.2, 0) is 6.54 Å². The molecule has 1 aromatic carbocycles. The van der Waals surface area contributed by atoms with E-state index in [9.17, 15) is 8.78 Å². The Morgan fingerprint density at radius 1 is 1.16 bits per heavy atom. The van der Waals surface area contributed by atoms with Gasteiger partial charge in [0.25, 0.3) is 6.43 Å². The summed E-state index contributed by atoms with van der Waals surface area (Å²) in [6.07, 6.45) is -1.35. The Morgan fingerprint density at radius 3 is 2.72 bits per heavy atom. The van der Waals surface area contributed by atoms with Crippen molar-refractivity contribution in [2.75, 3.05) is 6.61 Å². The second kappa shape index (κ2) is 6.01. The molecular formula is C15H11ClF2N6O. The molecule has 0 spiro atoms. The lowest BCUT2D eigenvalue weighted by Crippen LogP contribution is -2.07. The number of nitrogens with zero attached hydrogens (tertiary/aromatic N) is 6. The van der Waals surface area contributed by atoms with Gasteiger partial charge in [-0.15, -0.1) is 0 Å². The van der Waals surface area contributed by atoms with E-state index in [4.69, 9.17) is 16.7 Å². The third kappa shape index (κ3) is 2.52. The maximum atomic E-state index is 13.6. The highest BCUT2D eigenvalue weighted by molar-refractivity contribution is 6.28. The standard InChI is InChI=1S/C15H11ClF2N6O/c16-15-21-12-10(19-7-23(12)5-6-25)13(22-15)24-9-4-2-1-3-8(9)20-14(24)11(17)18/h1-4,7,11,25H,5-6H2. The second-order valence-corrected chi connectivity index (χ2v) is 5.58. The molecular weight excluding hydrogens is 354 g/mol. The topological polar surface area (TPSA) is 81.6 Å². The van der Waals surface area contributed by atoms with Gasteiger partial charge in [-0.2, -0.15) is 9.97 Å². The van der Waals surface area contributed by atoms with Crippen LogP contribution < -0.4 is 0 Å². The number of aliphatic hydroxyl groups is 1. The first kappa shape index (κ1) is 15.9. The number of aromatic nitrogens is 6. The molecule has 0 fully saturated rings. The average molecular weight is 365 g/mol. The molecule has 4 aromatic rings. The minimum Gasteiger partial charge on any atom is -0.395 e. The molecule has 0 unspecified atom stereocenters. The van der Waals surface area contributed by atoms with Gasteiger partial charge in [-0.3, -0.25) is 4.57 Å². The van der Waals surface area contributed by atoms with Crippen molar-refractivity contribution < 1.29 is 13.9 Å². The zero-order chi connectivity index (χ0) is 17.6. The number of halogens is 3. The fraction of sp³-hybridized carbons (Fsp3) is 0.200. The van der Waals surface area contributed by atoms with Crippen LogP contribution in [-0.4, -0.2) is 40.8 Å². The molecule has 0 saturated carbocycles. The van der Waals surface area contributed by atoms with Crippen LogP contribution in [0, 0.1) is 0 Å². The number of alkyl halides is 2. The molecule has 0 aliphatic heterocycles. The van der Waals surface area contributed by atoms with E-state index in [-0.39, 0.29) is 24.3 Å². The van der Waals surface area contributed by atoms with Crippen molar-refractivity contribution in [1.29, 1.82) is 0 Å². The normalized spacial score (nSPS) is 11.9. The van der Waals surface area contributed by atoms with Gasteiger partial charge in [0.2, 0.25) is 5.28 Å². The molecule has 1 N–H and O–H groups in total. The smallest absolute Gasteiger partial charge is 0.296 e. The number of hydrogen-bond acceptors (Lipinski definition) is 5. The van der Waals surface area contributed by atoms with Crippen LogP contribution in [0.25, 0.3) is 28.0 Å². The lowest BCUT2D eigenvalue weighted by molar-refractivity contribution is 0.139. The third-order valence-electron chi connectivity index (χ3n) is 3.75. The van der Waals surface area contributed by atoms with Crippen LogP contribution in [0.1, 0.15) is 12.2 Å². The molecule has 0 saturated heterocycles. The summed E-state index contributed by atoms with van der Waals surface area (Å²) in [5.41, 5.74) is 1.52. The van der Waals surface area contributed by atoms with Gasteiger partial charge in [-0.1, -0.05) is 12.1 Å². The van der Waals surface area contributed by atoms with Crippen molar-refractivity contribution in [2.45, 2.75) is 13.0 Å². The third-order valence-corrected chi connectivity index (χ3v) is 3.92. The fourth-order valence-corrected chi connectivity index (χ4v) is 2.90. The number of imidazole rings is 2. The summed E-state index contributed by atoms with van der Waals surface area (Å²) in [5, 5.41) is 9.03. The minimum absolute atomic E-state index is 0.111. The molecule has 25 heavy (non-hydrogen) atoms. The number of aliphatic hydroxyl groups excluding tert-OH is 1. The van der Waals surface area contributed by atoms with Gasteiger partial charge in [0.15, 0.2) is 22.8 Å². The molecule has 128 valence electrons. The van der Waals surface area contributed by atoms with Crippen molar-refractivity contribution in [2.24, 2.45) is 0 Å². The number of fused-ring (bicyclic) bond motifs is 2. The van der Waals surface area contributed by atoms with Gasteiger partial charge in [-0.25, -0.2) is 18.7 Å². The lowest BCUT2D eigenvalue weighted by atomic mass is 10.3. The van der Waals surface area contributed by atoms with Crippen molar-refractivity contribution >= 4 is 33.8 Å². The van der Waals surface area contributed by atoms with E-state index < -0.39 is 12.2 Å². The van der Waals surface area contributed by atoms with Crippen LogP contribution in [0.2, 0.25) is 5.28 Å². The summed E-state index contributed by atoms with van der Waals surface area (Å²) in [6, 6.07) is 6.75. The largest absolute Gasteiger partial charge is 0.395 e. The van der Waals surface area contributed by atoms with E-state index >= 15 is 0 Å². The molecule has 0 amide bonds. The number of hydrogen-bond donors (Lipinski definition) is 1. The Labute approximate surface area is 144 Å². The monoisotopic (exact) mass is 364 g/mol. The molecule has 0 aliphatic carbocycles. The van der Waals surface area contributed by atoms with Gasteiger partial charge < -0.3 is 9.67 Å². The summed E-state index contributed by atoms with van der Waals surface area (Å²) in [6.45, 7) is 0.119. The first-order chi connectivity index (χ1) is 12.1. The highest BCUT2D eigenvalue weighted by Gasteiger charge is 2.24. The van der Waals surface area contributed by atoms with Crippen LogP contribution >= 0.6 is 11.6 Å². The van der Waals surface area contributed by atoms with Gasteiger partial charge >= 0.3 is 0 Å². The van der Waals surface area contributed by atoms with Crippen LogP contribution in [0.5, 0.6) is 0 Å². The zero-order valence-electron chi connectivity index (χ0n) is 12.6. The zero-order valence-corrected chi connectivity index (χ0v) is 13.4. The Bertz CT molecular complexity index is 1080. The average Bonchev–Trinajstić information content (AvgIpc) is 3.16. The summed E-state index contributed by atoms with van der Waals surface area (Å²) >= 11 is 6.01. The van der Waals surface area contributed by atoms with Crippen LogP contribution in [0.4, 0.5) is 8.78 Å². The fourth-order valence-electron chi connectivity index (χ4n) is 2.74. The lowest BCUT2D eigenvalue weighted by Gasteiger charge is -2.09. The highest BCUT2D eigenvalue weighted by Crippen LogP contribution is 2.30.